The Bertz CT molecular complexity index is 1040. The zero-order chi connectivity index (χ0) is 22.3. The molecule has 8 heteroatoms. The van der Waals surface area contributed by atoms with Crippen LogP contribution in [0.15, 0.2) is 55.0 Å². The Balaban J connectivity index is 0.000000858. The lowest BCUT2D eigenvalue weighted by molar-refractivity contribution is 0.0950. The van der Waals surface area contributed by atoms with Crippen molar-refractivity contribution in [1.82, 2.24) is 20.0 Å². The average molecular weight is 443 g/mol. The van der Waals surface area contributed by atoms with Crippen LogP contribution >= 0.6 is 7.37 Å². The Morgan fingerprint density at radius 3 is 2.55 bits per heavy atom. The first-order chi connectivity index (χ1) is 15.0. The Labute approximate surface area is 183 Å². The van der Waals surface area contributed by atoms with E-state index in [1.54, 1.807) is 59.4 Å². The molecule has 1 saturated heterocycles. The number of fused-ring (bicyclic) bond motifs is 1. The first-order valence-electron chi connectivity index (χ1n) is 10.8. The molecule has 31 heavy (non-hydrogen) atoms. The van der Waals surface area contributed by atoms with Crippen LogP contribution in [0, 0.1) is 0 Å². The fourth-order valence-electron chi connectivity index (χ4n) is 3.53. The maximum Gasteiger partial charge on any atom is 0.253 e. The molecule has 1 aromatic carbocycles. The second-order valence-corrected chi connectivity index (χ2v) is 10.3. The topological polar surface area (TPSA) is 95.7 Å². The number of rotatable bonds is 5. The standard InChI is InChI=1S/C20H23N4O3P.C3H8/c25-20(16-3-6-19-22-11-12-24(19)14-16)23-13-15-1-4-17(5-2-15)28(26,27)18-7-9-21-10-8-18;1-3-2/h1-6,11-12,14,18,21H,7-10,13H2,(H,23,25)(H,26,27);3H2,1-2H3. The van der Waals surface area contributed by atoms with Gasteiger partial charge in [0.15, 0.2) is 0 Å². The monoisotopic (exact) mass is 442 g/mol. The van der Waals surface area contributed by atoms with E-state index >= 15 is 0 Å². The maximum atomic E-state index is 12.9. The molecule has 1 fully saturated rings. The number of carbonyl (C=O) groups excluding carboxylic acids is 1. The van der Waals surface area contributed by atoms with E-state index in [2.05, 4.69) is 29.5 Å². The molecule has 1 atom stereocenters. The third kappa shape index (κ3) is 5.82. The van der Waals surface area contributed by atoms with Crippen molar-refractivity contribution in [3.05, 3.63) is 66.1 Å². The smallest absolute Gasteiger partial charge is 0.253 e. The molecule has 7 nitrogen and oxygen atoms in total. The number of imidazole rings is 1. The van der Waals surface area contributed by atoms with Gasteiger partial charge < -0.3 is 19.9 Å². The molecular weight excluding hydrogens is 411 g/mol. The number of aromatic nitrogens is 2. The zero-order valence-corrected chi connectivity index (χ0v) is 19.0. The Morgan fingerprint density at radius 2 is 1.87 bits per heavy atom. The highest BCUT2D eigenvalue weighted by Crippen LogP contribution is 2.48. The van der Waals surface area contributed by atoms with Gasteiger partial charge in [0.2, 0.25) is 7.37 Å². The third-order valence-corrected chi connectivity index (χ3v) is 7.76. The lowest BCUT2D eigenvalue weighted by Gasteiger charge is -2.27. The van der Waals surface area contributed by atoms with E-state index in [9.17, 15) is 14.3 Å². The summed E-state index contributed by atoms with van der Waals surface area (Å²) in [4.78, 5) is 27.1. The van der Waals surface area contributed by atoms with Gasteiger partial charge in [-0.05, 0) is 55.8 Å². The molecule has 166 valence electrons. The molecule has 3 N–H and O–H groups in total. The molecule has 2 aromatic heterocycles. The molecule has 0 bridgehead atoms. The number of hydrogen-bond acceptors (Lipinski definition) is 4. The van der Waals surface area contributed by atoms with Crippen molar-refractivity contribution in [2.24, 2.45) is 0 Å². The van der Waals surface area contributed by atoms with Crippen LogP contribution in [-0.2, 0) is 11.1 Å². The van der Waals surface area contributed by atoms with Crippen molar-refractivity contribution in [3.63, 3.8) is 0 Å². The van der Waals surface area contributed by atoms with Gasteiger partial charge in [-0.2, -0.15) is 0 Å². The SMILES string of the molecule is CCC.O=C(NCc1ccc(P(=O)(O)C2CCNCC2)cc1)c1ccc2nccn2c1. The van der Waals surface area contributed by atoms with Crippen LogP contribution in [0.1, 0.15) is 49.0 Å². The van der Waals surface area contributed by atoms with E-state index in [0.717, 1.165) is 24.3 Å². The van der Waals surface area contributed by atoms with Gasteiger partial charge in [-0.3, -0.25) is 9.36 Å². The third-order valence-electron chi connectivity index (χ3n) is 5.21. The number of nitrogens with zero attached hydrogens (tertiary/aromatic N) is 2. The van der Waals surface area contributed by atoms with Gasteiger partial charge in [0, 0.05) is 36.1 Å². The zero-order valence-electron chi connectivity index (χ0n) is 18.1. The molecular formula is C23H31N4O3P. The van der Waals surface area contributed by atoms with Crippen LogP contribution in [0.5, 0.6) is 0 Å². The van der Waals surface area contributed by atoms with Gasteiger partial charge in [0.1, 0.15) is 5.65 Å². The minimum Gasteiger partial charge on any atom is -0.348 e. The molecule has 1 unspecified atom stereocenters. The highest BCUT2D eigenvalue weighted by atomic mass is 31.2. The van der Waals surface area contributed by atoms with Crippen LogP contribution in [0.3, 0.4) is 0 Å². The van der Waals surface area contributed by atoms with Gasteiger partial charge in [0.25, 0.3) is 5.91 Å². The molecule has 0 aliphatic carbocycles. The Kier molecular flexibility index (Phi) is 8.02. The first kappa shape index (κ1) is 23.2. The van der Waals surface area contributed by atoms with Crippen molar-refractivity contribution in [2.75, 3.05) is 13.1 Å². The van der Waals surface area contributed by atoms with Gasteiger partial charge in [0.05, 0.1) is 5.56 Å². The first-order valence-corrected chi connectivity index (χ1v) is 12.5. The van der Waals surface area contributed by atoms with Crippen LogP contribution in [-0.4, -0.2) is 38.9 Å². The minimum atomic E-state index is -3.38. The second-order valence-electron chi connectivity index (χ2n) is 7.77. The van der Waals surface area contributed by atoms with Crippen molar-refractivity contribution in [3.8, 4) is 0 Å². The minimum absolute atomic E-state index is 0.179. The number of benzene rings is 1. The highest BCUT2D eigenvalue weighted by Gasteiger charge is 2.33. The Hall–Kier alpha value is -2.47. The lowest BCUT2D eigenvalue weighted by atomic mass is 10.2. The maximum absolute atomic E-state index is 12.9. The summed E-state index contributed by atoms with van der Waals surface area (Å²) in [7, 11) is -3.38. The predicted octanol–water partition coefficient (Wildman–Crippen LogP) is 3.33. The molecule has 1 aliphatic rings. The van der Waals surface area contributed by atoms with E-state index in [1.165, 1.54) is 6.42 Å². The lowest BCUT2D eigenvalue weighted by Crippen LogP contribution is -2.32. The van der Waals surface area contributed by atoms with E-state index in [4.69, 9.17) is 0 Å². The van der Waals surface area contributed by atoms with E-state index in [-0.39, 0.29) is 11.6 Å². The van der Waals surface area contributed by atoms with E-state index in [1.807, 2.05) is 0 Å². The molecule has 0 spiro atoms. The van der Waals surface area contributed by atoms with E-state index in [0.29, 0.717) is 30.3 Å². The van der Waals surface area contributed by atoms with Crippen LogP contribution in [0.25, 0.3) is 5.65 Å². The summed E-state index contributed by atoms with van der Waals surface area (Å²) in [6.45, 7) is 6.17. The fourth-order valence-corrected chi connectivity index (χ4v) is 5.49. The number of carbonyl (C=O) groups is 1. The predicted molar refractivity (Wildman–Crippen MR) is 124 cm³/mol. The van der Waals surface area contributed by atoms with Crippen LogP contribution in [0.2, 0.25) is 0 Å². The number of piperidine rings is 1. The molecule has 1 aliphatic heterocycles. The largest absolute Gasteiger partial charge is 0.348 e. The molecule has 1 amide bonds. The van der Waals surface area contributed by atoms with Gasteiger partial charge in [-0.15, -0.1) is 0 Å². The summed E-state index contributed by atoms with van der Waals surface area (Å²) in [5.41, 5.74) is 2.03. The van der Waals surface area contributed by atoms with Gasteiger partial charge in [-0.1, -0.05) is 32.4 Å². The summed E-state index contributed by atoms with van der Waals surface area (Å²) >= 11 is 0. The summed E-state index contributed by atoms with van der Waals surface area (Å²) < 4.78 is 14.7. The number of hydrogen-bond donors (Lipinski definition) is 3. The molecule has 4 rings (SSSR count). The van der Waals surface area contributed by atoms with Gasteiger partial charge >= 0.3 is 0 Å². The van der Waals surface area contributed by atoms with Crippen molar-refractivity contribution in [1.29, 1.82) is 0 Å². The molecule has 3 aromatic rings. The fraction of sp³-hybridized carbons (Fsp3) is 0.391. The number of nitrogens with one attached hydrogen (secondary N) is 2. The van der Waals surface area contributed by atoms with Crippen molar-refractivity contribution in [2.45, 2.75) is 45.3 Å². The Morgan fingerprint density at radius 1 is 1.19 bits per heavy atom. The second kappa shape index (κ2) is 10.7. The normalized spacial score (nSPS) is 16.2. The summed E-state index contributed by atoms with van der Waals surface area (Å²) in [5, 5.41) is 6.59. The van der Waals surface area contributed by atoms with Crippen molar-refractivity contribution >= 4 is 24.2 Å². The highest BCUT2D eigenvalue weighted by molar-refractivity contribution is 7.66. The summed E-state index contributed by atoms with van der Waals surface area (Å²) in [5.74, 6) is -0.179. The number of amides is 1. The van der Waals surface area contributed by atoms with Crippen LogP contribution < -0.4 is 15.9 Å². The van der Waals surface area contributed by atoms with Crippen molar-refractivity contribution < 1.29 is 14.3 Å². The molecule has 3 heterocycles. The molecule has 0 radical (unpaired) electrons. The quantitative estimate of drug-likeness (QED) is 0.527. The van der Waals surface area contributed by atoms with Crippen LogP contribution in [0.4, 0.5) is 0 Å². The number of pyridine rings is 1. The average Bonchev–Trinajstić information content (AvgIpc) is 3.27. The molecule has 0 saturated carbocycles. The van der Waals surface area contributed by atoms with Gasteiger partial charge in [-0.25, -0.2) is 4.98 Å². The summed E-state index contributed by atoms with van der Waals surface area (Å²) in [6.07, 6.45) is 7.89. The summed E-state index contributed by atoms with van der Waals surface area (Å²) in [6, 6.07) is 10.6. The van der Waals surface area contributed by atoms with E-state index < -0.39 is 7.37 Å².